The number of rotatable bonds is 0. The number of hydrogen-bond donors (Lipinski definition) is 0. The maximum atomic E-state index is 5.33. The summed E-state index contributed by atoms with van der Waals surface area (Å²) in [6.45, 7) is 1.63. The summed E-state index contributed by atoms with van der Waals surface area (Å²) in [5.74, 6) is 0. The van der Waals surface area contributed by atoms with E-state index in [2.05, 4.69) is 34.1 Å². The minimum Gasteiger partial charge on any atom is -0.376 e. The Bertz CT molecular complexity index is 270. The Hall–Kier alpha value is -0.340. The van der Waals surface area contributed by atoms with Crippen LogP contribution in [-0.4, -0.2) is 6.61 Å². The molecule has 0 saturated heterocycles. The van der Waals surface area contributed by atoms with Gasteiger partial charge in [0.1, 0.15) is 0 Å². The molecule has 1 nitrogen and oxygen atoms in total. The van der Waals surface area contributed by atoms with Crippen LogP contribution in [0.1, 0.15) is 11.1 Å². The van der Waals surface area contributed by atoms with Gasteiger partial charge in [-0.3, -0.25) is 0 Å². The molecule has 1 aliphatic rings. The quantitative estimate of drug-likeness (QED) is 0.643. The fraction of sp³-hybridized carbons (Fsp3) is 0.333. The molecular weight excluding hydrogens is 204 g/mol. The van der Waals surface area contributed by atoms with E-state index in [9.17, 15) is 0 Å². The number of fused-ring (bicyclic) bond motifs is 1. The molecule has 58 valence electrons. The molecule has 0 spiro atoms. The summed E-state index contributed by atoms with van der Waals surface area (Å²) in [7, 11) is 0. The van der Waals surface area contributed by atoms with Crippen LogP contribution < -0.4 is 0 Å². The lowest BCUT2D eigenvalue weighted by Gasteiger charge is -2.16. The van der Waals surface area contributed by atoms with Crippen molar-refractivity contribution in [3.8, 4) is 0 Å². The van der Waals surface area contributed by atoms with E-state index in [-0.39, 0.29) is 0 Å². The van der Waals surface area contributed by atoms with Gasteiger partial charge in [0.25, 0.3) is 0 Å². The van der Waals surface area contributed by atoms with Gasteiger partial charge in [0.2, 0.25) is 0 Å². The third-order valence-electron chi connectivity index (χ3n) is 1.97. The molecule has 0 aromatic heterocycles. The monoisotopic (exact) mass is 212 g/mol. The predicted octanol–water partition coefficient (Wildman–Crippen LogP) is 2.52. The number of hydrogen-bond acceptors (Lipinski definition) is 1. The van der Waals surface area contributed by atoms with E-state index in [0.717, 1.165) is 19.6 Å². The predicted molar refractivity (Wildman–Crippen MR) is 47.5 cm³/mol. The summed E-state index contributed by atoms with van der Waals surface area (Å²) in [6.07, 6.45) is 1.04. The van der Waals surface area contributed by atoms with E-state index in [1.807, 2.05) is 0 Å². The zero-order valence-electron chi connectivity index (χ0n) is 6.14. The minimum absolute atomic E-state index is 0.773. The molecule has 1 aromatic carbocycles. The maximum absolute atomic E-state index is 5.33. The van der Waals surface area contributed by atoms with Crippen LogP contribution in [0.25, 0.3) is 0 Å². The van der Waals surface area contributed by atoms with Crippen LogP contribution in [0, 0.1) is 0 Å². The molecule has 0 unspecified atom stereocenters. The molecule has 11 heavy (non-hydrogen) atoms. The van der Waals surface area contributed by atoms with Gasteiger partial charge in [-0.2, -0.15) is 0 Å². The highest BCUT2D eigenvalue weighted by molar-refractivity contribution is 9.10. The Morgan fingerprint density at radius 3 is 3.09 bits per heavy atom. The highest BCUT2D eigenvalue weighted by Crippen LogP contribution is 2.24. The van der Waals surface area contributed by atoms with Gasteiger partial charge in [-0.1, -0.05) is 28.1 Å². The van der Waals surface area contributed by atoms with Crippen LogP contribution in [-0.2, 0) is 17.8 Å². The molecule has 0 fully saturated rings. The molecule has 2 rings (SSSR count). The van der Waals surface area contributed by atoms with Gasteiger partial charge in [-0.25, -0.2) is 0 Å². The highest BCUT2D eigenvalue weighted by Gasteiger charge is 2.10. The van der Waals surface area contributed by atoms with Gasteiger partial charge in [0.05, 0.1) is 13.2 Å². The Balaban J connectivity index is 2.49. The molecule has 0 saturated carbocycles. The lowest BCUT2D eigenvalue weighted by molar-refractivity contribution is 0.110. The van der Waals surface area contributed by atoms with Gasteiger partial charge in [-0.15, -0.1) is 0 Å². The van der Waals surface area contributed by atoms with Crippen molar-refractivity contribution in [2.45, 2.75) is 13.0 Å². The van der Waals surface area contributed by atoms with Crippen molar-refractivity contribution in [1.82, 2.24) is 0 Å². The van der Waals surface area contributed by atoms with Crippen molar-refractivity contribution < 1.29 is 4.74 Å². The van der Waals surface area contributed by atoms with Crippen molar-refractivity contribution in [2.75, 3.05) is 6.61 Å². The van der Waals surface area contributed by atoms with Crippen molar-refractivity contribution in [3.63, 3.8) is 0 Å². The second kappa shape index (κ2) is 2.95. The first-order valence-electron chi connectivity index (χ1n) is 3.72. The molecule has 0 radical (unpaired) electrons. The van der Waals surface area contributed by atoms with Crippen molar-refractivity contribution in [3.05, 3.63) is 33.8 Å². The van der Waals surface area contributed by atoms with E-state index in [1.54, 1.807) is 0 Å². The van der Waals surface area contributed by atoms with Gasteiger partial charge in [-0.05, 0) is 23.6 Å². The molecule has 1 aliphatic heterocycles. The van der Waals surface area contributed by atoms with Gasteiger partial charge >= 0.3 is 0 Å². The fourth-order valence-corrected chi connectivity index (χ4v) is 1.98. The topological polar surface area (TPSA) is 9.23 Å². The lowest BCUT2D eigenvalue weighted by Crippen LogP contribution is -2.09. The fourth-order valence-electron chi connectivity index (χ4n) is 1.37. The Kier molecular flexibility index (Phi) is 1.96. The largest absolute Gasteiger partial charge is 0.376 e. The average Bonchev–Trinajstić information content (AvgIpc) is 2.06. The summed E-state index contributed by atoms with van der Waals surface area (Å²) in [5, 5.41) is 0. The van der Waals surface area contributed by atoms with Crippen LogP contribution in [0.15, 0.2) is 22.7 Å². The normalized spacial score (nSPS) is 16.1. The first-order valence-corrected chi connectivity index (χ1v) is 4.51. The van der Waals surface area contributed by atoms with Gasteiger partial charge in [0.15, 0.2) is 0 Å². The van der Waals surface area contributed by atoms with Crippen molar-refractivity contribution >= 4 is 15.9 Å². The first kappa shape index (κ1) is 7.32. The van der Waals surface area contributed by atoms with Crippen LogP contribution in [0.5, 0.6) is 0 Å². The summed E-state index contributed by atoms with van der Waals surface area (Å²) in [5.41, 5.74) is 2.74. The molecule has 1 heterocycles. The molecule has 0 amide bonds. The van der Waals surface area contributed by atoms with Crippen LogP contribution in [0.3, 0.4) is 0 Å². The Morgan fingerprint density at radius 2 is 2.27 bits per heavy atom. The van der Waals surface area contributed by atoms with Crippen LogP contribution in [0.2, 0.25) is 0 Å². The number of ether oxygens (including phenoxy) is 1. The Morgan fingerprint density at radius 1 is 1.36 bits per heavy atom. The van der Waals surface area contributed by atoms with E-state index < -0.39 is 0 Å². The zero-order valence-corrected chi connectivity index (χ0v) is 7.73. The molecule has 1 aromatic rings. The molecule has 0 N–H and O–H groups in total. The third-order valence-corrected chi connectivity index (χ3v) is 2.71. The SMILES string of the molecule is Brc1cccc2c1CCOC2. The smallest absolute Gasteiger partial charge is 0.0720 e. The van der Waals surface area contributed by atoms with E-state index >= 15 is 0 Å². The average molecular weight is 213 g/mol. The zero-order chi connectivity index (χ0) is 7.68. The van der Waals surface area contributed by atoms with Crippen molar-refractivity contribution in [2.24, 2.45) is 0 Å². The standard InChI is InChI=1S/C9H9BrO/c10-9-3-1-2-7-6-11-5-4-8(7)9/h1-3H,4-6H2. The van der Waals surface area contributed by atoms with Crippen LogP contribution >= 0.6 is 15.9 Å². The molecular formula is C9H9BrO. The third kappa shape index (κ3) is 1.33. The van der Waals surface area contributed by atoms with Crippen molar-refractivity contribution in [1.29, 1.82) is 0 Å². The maximum Gasteiger partial charge on any atom is 0.0720 e. The van der Waals surface area contributed by atoms with E-state index in [4.69, 9.17) is 4.74 Å². The summed E-state index contributed by atoms with van der Waals surface area (Å²) in [4.78, 5) is 0. The van der Waals surface area contributed by atoms with Gasteiger partial charge in [0, 0.05) is 4.47 Å². The second-order valence-corrected chi connectivity index (χ2v) is 3.53. The molecule has 0 bridgehead atoms. The summed E-state index contributed by atoms with van der Waals surface area (Å²) >= 11 is 3.53. The summed E-state index contributed by atoms with van der Waals surface area (Å²) in [6, 6.07) is 6.26. The Labute approximate surface area is 74.5 Å². The highest BCUT2D eigenvalue weighted by atomic mass is 79.9. The molecule has 2 heteroatoms. The van der Waals surface area contributed by atoms with E-state index in [1.165, 1.54) is 15.6 Å². The molecule has 0 atom stereocenters. The number of halogens is 1. The van der Waals surface area contributed by atoms with E-state index in [0.29, 0.717) is 0 Å². The molecule has 0 aliphatic carbocycles. The summed E-state index contributed by atoms with van der Waals surface area (Å²) < 4.78 is 6.55. The second-order valence-electron chi connectivity index (χ2n) is 2.68. The first-order chi connectivity index (χ1) is 5.38. The van der Waals surface area contributed by atoms with Crippen LogP contribution in [0.4, 0.5) is 0 Å². The van der Waals surface area contributed by atoms with Gasteiger partial charge < -0.3 is 4.74 Å². The minimum atomic E-state index is 0.773. The lowest BCUT2D eigenvalue weighted by atomic mass is 10.0. The number of benzene rings is 1.